The number of hydrogen-bond acceptors (Lipinski definition) is 4. The van der Waals surface area contributed by atoms with Gasteiger partial charge in [-0.15, -0.1) is 11.8 Å². The molecule has 1 aromatic rings. The number of aliphatic hydroxyl groups excluding tert-OH is 1. The summed E-state index contributed by atoms with van der Waals surface area (Å²) in [6, 6.07) is 2.43. The Kier molecular flexibility index (Phi) is 4.89. The summed E-state index contributed by atoms with van der Waals surface area (Å²) >= 11 is 1.28. The van der Waals surface area contributed by atoms with E-state index in [4.69, 9.17) is 5.11 Å². The highest BCUT2D eigenvalue weighted by Crippen LogP contribution is 2.34. The van der Waals surface area contributed by atoms with Gasteiger partial charge in [-0.2, -0.15) is 0 Å². The highest BCUT2D eigenvalue weighted by molar-refractivity contribution is 8.00. The molecule has 1 N–H and O–H groups in total. The molecular formula is C11H14FNO3S. The van der Waals surface area contributed by atoms with Crippen molar-refractivity contribution in [1.29, 1.82) is 0 Å². The second-order valence-corrected chi connectivity index (χ2v) is 5.25. The molecular weight excluding hydrogens is 245 g/mol. The van der Waals surface area contributed by atoms with E-state index < -0.39 is 10.7 Å². The monoisotopic (exact) mass is 259 g/mol. The third-order valence-electron chi connectivity index (χ3n) is 2.30. The minimum atomic E-state index is -0.587. The Labute approximate surface area is 103 Å². The minimum Gasteiger partial charge on any atom is -0.396 e. The van der Waals surface area contributed by atoms with Crippen LogP contribution in [0.3, 0.4) is 0 Å². The van der Waals surface area contributed by atoms with Gasteiger partial charge in [-0.05, 0) is 25.0 Å². The van der Waals surface area contributed by atoms with Gasteiger partial charge in [0.1, 0.15) is 5.82 Å². The molecule has 1 unspecified atom stereocenters. The van der Waals surface area contributed by atoms with E-state index in [2.05, 4.69) is 0 Å². The van der Waals surface area contributed by atoms with E-state index in [1.165, 1.54) is 17.8 Å². The van der Waals surface area contributed by atoms with E-state index in [1.807, 2.05) is 6.92 Å². The quantitative estimate of drug-likeness (QED) is 0.501. The average Bonchev–Trinajstić information content (AvgIpc) is 2.23. The summed E-state index contributed by atoms with van der Waals surface area (Å²) in [5.41, 5.74) is 0.164. The van der Waals surface area contributed by atoms with Gasteiger partial charge in [0.2, 0.25) is 0 Å². The SMILES string of the molecule is Cc1cc(SC(C)CCO)c([N+](=O)[O-])cc1F. The number of nitro groups is 1. The predicted octanol–water partition coefficient (Wildman–Crippen LogP) is 2.91. The predicted molar refractivity (Wildman–Crippen MR) is 64.8 cm³/mol. The average molecular weight is 259 g/mol. The third-order valence-corrected chi connectivity index (χ3v) is 3.52. The zero-order chi connectivity index (χ0) is 13.0. The molecule has 0 saturated carbocycles. The molecule has 0 aromatic heterocycles. The Morgan fingerprint density at radius 3 is 2.76 bits per heavy atom. The number of rotatable bonds is 5. The number of nitrogens with zero attached hydrogens (tertiary/aromatic N) is 1. The summed E-state index contributed by atoms with van der Waals surface area (Å²) in [5.74, 6) is -0.573. The number of benzene rings is 1. The summed E-state index contributed by atoms with van der Waals surface area (Å²) in [6.45, 7) is 3.46. The molecule has 0 fully saturated rings. The summed E-state index contributed by atoms with van der Waals surface area (Å²) < 4.78 is 13.3. The second-order valence-electron chi connectivity index (χ2n) is 3.77. The molecule has 0 aliphatic rings. The third kappa shape index (κ3) is 3.67. The molecule has 1 aromatic carbocycles. The lowest BCUT2D eigenvalue weighted by molar-refractivity contribution is -0.387. The molecule has 0 bridgehead atoms. The van der Waals surface area contributed by atoms with Crippen molar-refractivity contribution < 1.29 is 14.4 Å². The maximum Gasteiger partial charge on any atom is 0.285 e. The zero-order valence-corrected chi connectivity index (χ0v) is 10.5. The van der Waals surface area contributed by atoms with Crippen LogP contribution in [0.4, 0.5) is 10.1 Å². The first-order valence-electron chi connectivity index (χ1n) is 5.17. The lowest BCUT2D eigenvalue weighted by atomic mass is 10.2. The van der Waals surface area contributed by atoms with Gasteiger partial charge in [0.25, 0.3) is 5.69 Å². The van der Waals surface area contributed by atoms with Crippen LogP contribution in [0, 0.1) is 22.9 Å². The number of aryl methyl sites for hydroxylation is 1. The van der Waals surface area contributed by atoms with Crippen molar-refractivity contribution in [2.75, 3.05) is 6.61 Å². The van der Waals surface area contributed by atoms with E-state index in [0.717, 1.165) is 6.07 Å². The highest BCUT2D eigenvalue weighted by Gasteiger charge is 2.19. The van der Waals surface area contributed by atoms with Crippen molar-refractivity contribution in [2.24, 2.45) is 0 Å². The number of hydrogen-bond donors (Lipinski definition) is 1. The van der Waals surface area contributed by atoms with E-state index in [0.29, 0.717) is 16.9 Å². The molecule has 17 heavy (non-hydrogen) atoms. The van der Waals surface area contributed by atoms with Gasteiger partial charge in [0, 0.05) is 11.9 Å². The Morgan fingerprint density at radius 1 is 1.59 bits per heavy atom. The van der Waals surface area contributed by atoms with Gasteiger partial charge >= 0.3 is 0 Å². The number of nitro benzene ring substituents is 1. The van der Waals surface area contributed by atoms with E-state index >= 15 is 0 Å². The molecule has 0 aliphatic carbocycles. The van der Waals surface area contributed by atoms with E-state index in [9.17, 15) is 14.5 Å². The van der Waals surface area contributed by atoms with Crippen LogP contribution < -0.4 is 0 Å². The molecule has 94 valence electrons. The Hall–Kier alpha value is -1.14. The van der Waals surface area contributed by atoms with Gasteiger partial charge in [-0.3, -0.25) is 10.1 Å². The highest BCUT2D eigenvalue weighted by atomic mass is 32.2. The van der Waals surface area contributed by atoms with Crippen molar-refractivity contribution in [1.82, 2.24) is 0 Å². The van der Waals surface area contributed by atoms with Crippen LogP contribution in [0.1, 0.15) is 18.9 Å². The molecule has 0 spiro atoms. The van der Waals surface area contributed by atoms with Gasteiger partial charge in [0.05, 0.1) is 15.9 Å². The van der Waals surface area contributed by atoms with Gasteiger partial charge in [0.15, 0.2) is 0 Å². The fourth-order valence-electron chi connectivity index (χ4n) is 1.34. The van der Waals surface area contributed by atoms with Crippen LogP contribution in [0.2, 0.25) is 0 Å². The molecule has 6 heteroatoms. The van der Waals surface area contributed by atoms with Crippen LogP contribution in [0.25, 0.3) is 0 Å². The normalized spacial score (nSPS) is 12.5. The van der Waals surface area contributed by atoms with Crippen LogP contribution in [0.15, 0.2) is 17.0 Å². The first kappa shape index (κ1) is 13.9. The molecule has 0 radical (unpaired) electrons. The summed E-state index contributed by atoms with van der Waals surface area (Å²) in [5, 5.41) is 19.6. The van der Waals surface area contributed by atoms with Crippen molar-refractivity contribution in [3.05, 3.63) is 33.6 Å². The standard InChI is InChI=1S/C11H14FNO3S/c1-7-5-11(17-8(2)3-4-14)10(13(15)16)6-9(7)12/h5-6,8,14H,3-4H2,1-2H3. The lowest BCUT2D eigenvalue weighted by Crippen LogP contribution is -2.01. The largest absolute Gasteiger partial charge is 0.396 e. The smallest absolute Gasteiger partial charge is 0.285 e. The van der Waals surface area contributed by atoms with Crippen molar-refractivity contribution in [3.63, 3.8) is 0 Å². The van der Waals surface area contributed by atoms with Crippen LogP contribution >= 0.6 is 11.8 Å². The summed E-state index contributed by atoms with van der Waals surface area (Å²) in [4.78, 5) is 10.7. The summed E-state index contributed by atoms with van der Waals surface area (Å²) in [7, 11) is 0. The topological polar surface area (TPSA) is 63.4 Å². The molecule has 0 aliphatic heterocycles. The second kappa shape index (κ2) is 5.97. The Bertz CT molecular complexity index is 425. The van der Waals surface area contributed by atoms with E-state index in [1.54, 1.807) is 6.92 Å². The fourth-order valence-corrected chi connectivity index (χ4v) is 2.49. The summed E-state index contributed by atoms with van der Waals surface area (Å²) in [6.07, 6.45) is 0.540. The van der Waals surface area contributed by atoms with E-state index in [-0.39, 0.29) is 17.5 Å². The number of aliphatic hydroxyl groups is 1. The number of halogens is 1. The number of thioether (sulfide) groups is 1. The first-order valence-corrected chi connectivity index (χ1v) is 6.05. The molecule has 0 amide bonds. The van der Waals surface area contributed by atoms with Crippen LogP contribution in [-0.4, -0.2) is 21.9 Å². The van der Waals surface area contributed by atoms with Crippen LogP contribution in [0.5, 0.6) is 0 Å². The molecule has 4 nitrogen and oxygen atoms in total. The molecule has 1 rings (SSSR count). The fraction of sp³-hybridized carbons (Fsp3) is 0.455. The van der Waals surface area contributed by atoms with Crippen molar-refractivity contribution in [3.8, 4) is 0 Å². The van der Waals surface area contributed by atoms with Crippen molar-refractivity contribution >= 4 is 17.4 Å². The molecule has 0 saturated heterocycles. The molecule has 0 heterocycles. The minimum absolute atomic E-state index is 0.0299. The van der Waals surface area contributed by atoms with Gasteiger partial charge < -0.3 is 5.11 Å². The van der Waals surface area contributed by atoms with Gasteiger partial charge in [-0.25, -0.2) is 4.39 Å². The first-order chi connectivity index (χ1) is 7.95. The Balaban J connectivity index is 3.04. The zero-order valence-electron chi connectivity index (χ0n) is 9.64. The lowest BCUT2D eigenvalue weighted by Gasteiger charge is -2.10. The Morgan fingerprint density at radius 2 is 2.24 bits per heavy atom. The van der Waals surface area contributed by atoms with Crippen LogP contribution in [-0.2, 0) is 0 Å². The van der Waals surface area contributed by atoms with Crippen molar-refractivity contribution in [2.45, 2.75) is 30.4 Å². The maximum absolute atomic E-state index is 13.3. The molecule has 1 atom stereocenters. The maximum atomic E-state index is 13.3. The van der Waals surface area contributed by atoms with Gasteiger partial charge in [-0.1, -0.05) is 6.92 Å².